The van der Waals surface area contributed by atoms with Crippen molar-refractivity contribution in [2.75, 3.05) is 49.6 Å². The number of hydrogen-bond donors (Lipinski definition) is 2. The van der Waals surface area contributed by atoms with Gasteiger partial charge >= 0.3 is 6.18 Å². The zero-order valence-electron chi connectivity index (χ0n) is 13.0. The standard InChI is InChI=1S/C15H19F3N4O2/c16-15(17,18)11-9-19-8-10(11)14(23)21-12-2-1-3-20-13(12)22-4-6-24-7-5-22/h1-3,10-11,19H,4-9H2,(H,21,23)/t10-,11-/m1/s1. The van der Waals surface area contributed by atoms with E-state index in [2.05, 4.69) is 15.6 Å². The number of ether oxygens (including phenoxy) is 1. The molecule has 1 aromatic rings. The van der Waals surface area contributed by atoms with Crippen LogP contribution in [-0.4, -0.2) is 56.5 Å². The Morgan fingerprint density at radius 1 is 1.33 bits per heavy atom. The normalized spacial score (nSPS) is 24.9. The van der Waals surface area contributed by atoms with E-state index in [0.717, 1.165) is 0 Å². The van der Waals surface area contributed by atoms with Gasteiger partial charge in [0.2, 0.25) is 5.91 Å². The number of nitrogens with one attached hydrogen (secondary N) is 2. The number of halogens is 3. The van der Waals surface area contributed by atoms with Crippen LogP contribution in [0.5, 0.6) is 0 Å². The fourth-order valence-corrected chi connectivity index (χ4v) is 3.05. The molecule has 0 aliphatic carbocycles. The minimum atomic E-state index is -4.40. The lowest BCUT2D eigenvalue weighted by molar-refractivity contribution is -0.181. The van der Waals surface area contributed by atoms with Crippen molar-refractivity contribution in [3.8, 4) is 0 Å². The van der Waals surface area contributed by atoms with Crippen LogP contribution in [0.4, 0.5) is 24.7 Å². The predicted octanol–water partition coefficient (Wildman–Crippen LogP) is 1.25. The summed E-state index contributed by atoms with van der Waals surface area (Å²) >= 11 is 0. The van der Waals surface area contributed by atoms with Gasteiger partial charge in [-0.25, -0.2) is 4.98 Å². The highest BCUT2D eigenvalue weighted by molar-refractivity contribution is 5.95. The number of carbonyl (C=O) groups is 1. The van der Waals surface area contributed by atoms with E-state index < -0.39 is 23.9 Å². The first-order chi connectivity index (χ1) is 11.5. The van der Waals surface area contributed by atoms with Crippen molar-refractivity contribution >= 4 is 17.4 Å². The zero-order valence-corrected chi connectivity index (χ0v) is 13.0. The SMILES string of the molecule is O=C(Nc1cccnc1N1CCOCC1)[C@@H]1CNC[C@H]1C(F)(F)F. The highest BCUT2D eigenvalue weighted by Crippen LogP contribution is 2.35. The highest BCUT2D eigenvalue weighted by Gasteiger charge is 2.49. The molecule has 2 aliphatic rings. The summed E-state index contributed by atoms with van der Waals surface area (Å²) in [7, 11) is 0. The van der Waals surface area contributed by atoms with Gasteiger partial charge in [0.15, 0.2) is 5.82 Å². The summed E-state index contributed by atoms with van der Waals surface area (Å²) < 4.78 is 44.4. The Bertz CT molecular complexity index is 590. The smallest absolute Gasteiger partial charge is 0.378 e. The van der Waals surface area contributed by atoms with Gasteiger partial charge < -0.3 is 20.3 Å². The van der Waals surface area contributed by atoms with Crippen LogP contribution in [0, 0.1) is 11.8 Å². The fourth-order valence-electron chi connectivity index (χ4n) is 3.05. The number of pyridine rings is 1. The molecule has 2 saturated heterocycles. The summed E-state index contributed by atoms with van der Waals surface area (Å²) in [6, 6.07) is 3.30. The molecule has 9 heteroatoms. The Balaban J connectivity index is 1.75. The van der Waals surface area contributed by atoms with E-state index in [4.69, 9.17) is 4.74 Å². The minimum absolute atomic E-state index is 0.0170. The van der Waals surface area contributed by atoms with Crippen molar-refractivity contribution in [2.24, 2.45) is 11.8 Å². The Kier molecular flexibility index (Phi) is 4.91. The molecule has 2 N–H and O–H groups in total. The van der Waals surface area contributed by atoms with Crippen LogP contribution in [0.1, 0.15) is 0 Å². The summed E-state index contributed by atoms with van der Waals surface area (Å²) in [4.78, 5) is 18.6. The van der Waals surface area contributed by atoms with Crippen LogP contribution >= 0.6 is 0 Å². The Labute approximate surface area is 137 Å². The molecule has 6 nitrogen and oxygen atoms in total. The Morgan fingerprint density at radius 2 is 2.08 bits per heavy atom. The third-order valence-electron chi connectivity index (χ3n) is 4.33. The monoisotopic (exact) mass is 344 g/mol. The maximum atomic E-state index is 13.0. The number of rotatable bonds is 3. The molecule has 2 fully saturated rings. The number of hydrogen-bond acceptors (Lipinski definition) is 5. The molecule has 0 radical (unpaired) electrons. The second-order valence-electron chi connectivity index (χ2n) is 5.88. The average Bonchev–Trinajstić information content (AvgIpc) is 3.06. The van der Waals surface area contributed by atoms with Crippen LogP contribution < -0.4 is 15.5 Å². The molecule has 1 amide bonds. The maximum Gasteiger partial charge on any atom is 0.393 e. The number of alkyl halides is 3. The van der Waals surface area contributed by atoms with Crippen LogP contribution in [-0.2, 0) is 9.53 Å². The van der Waals surface area contributed by atoms with E-state index in [1.54, 1.807) is 18.3 Å². The first-order valence-corrected chi connectivity index (χ1v) is 7.83. The molecule has 0 unspecified atom stereocenters. The van der Waals surface area contributed by atoms with Crippen molar-refractivity contribution in [3.05, 3.63) is 18.3 Å². The van der Waals surface area contributed by atoms with Gasteiger partial charge in [0.05, 0.1) is 30.7 Å². The third-order valence-corrected chi connectivity index (χ3v) is 4.33. The topological polar surface area (TPSA) is 66.5 Å². The number of nitrogens with zero attached hydrogens (tertiary/aromatic N) is 2. The number of morpholine rings is 1. The van der Waals surface area contributed by atoms with Crippen LogP contribution in [0.2, 0.25) is 0 Å². The summed E-state index contributed by atoms with van der Waals surface area (Å²) in [5.74, 6) is -2.88. The number of carbonyl (C=O) groups excluding carboxylic acids is 1. The second kappa shape index (κ2) is 6.94. The van der Waals surface area contributed by atoms with Gasteiger partial charge in [0, 0.05) is 32.4 Å². The van der Waals surface area contributed by atoms with Crippen molar-refractivity contribution in [1.29, 1.82) is 0 Å². The quantitative estimate of drug-likeness (QED) is 0.864. The van der Waals surface area contributed by atoms with Gasteiger partial charge in [0.25, 0.3) is 0 Å². The molecule has 24 heavy (non-hydrogen) atoms. The van der Waals surface area contributed by atoms with E-state index in [0.29, 0.717) is 37.8 Å². The van der Waals surface area contributed by atoms with Gasteiger partial charge in [-0.1, -0.05) is 0 Å². The molecule has 132 valence electrons. The minimum Gasteiger partial charge on any atom is -0.378 e. The largest absolute Gasteiger partial charge is 0.393 e. The van der Waals surface area contributed by atoms with Gasteiger partial charge in [-0.15, -0.1) is 0 Å². The lowest BCUT2D eigenvalue weighted by Gasteiger charge is -2.29. The fraction of sp³-hybridized carbons (Fsp3) is 0.600. The molecular weight excluding hydrogens is 325 g/mol. The molecule has 1 aromatic heterocycles. The van der Waals surface area contributed by atoms with Gasteiger partial charge in [-0.2, -0.15) is 13.2 Å². The van der Waals surface area contributed by atoms with Crippen molar-refractivity contribution in [1.82, 2.24) is 10.3 Å². The molecule has 0 bridgehead atoms. The molecule has 0 spiro atoms. The summed E-state index contributed by atoms with van der Waals surface area (Å²) in [6.07, 6.45) is -2.80. The lowest BCUT2D eigenvalue weighted by atomic mass is 9.94. The van der Waals surface area contributed by atoms with Crippen LogP contribution in [0.15, 0.2) is 18.3 Å². The Hall–Kier alpha value is -1.87. The van der Waals surface area contributed by atoms with Crippen molar-refractivity contribution < 1.29 is 22.7 Å². The second-order valence-corrected chi connectivity index (χ2v) is 5.88. The first-order valence-electron chi connectivity index (χ1n) is 7.83. The maximum absolute atomic E-state index is 13.0. The highest BCUT2D eigenvalue weighted by atomic mass is 19.4. The summed E-state index contributed by atoms with van der Waals surface area (Å²) in [5.41, 5.74) is 0.428. The summed E-state index contributed by atoms with van der Waals surface area (Å²) in [5, 5.41) is 5.28. The van der Waals surface area contributed by atoms with E-state index in [-0.39, 0.29) is 13.1 Å². The van der Waals surface area contributed by atoms with E-state index in [1.165, 1.54) is 0 Å². The lowest BCUT2D eigenvalue weighted by Crippen LogP contribution is -2.39. The number of amides is 1. The number of aromatic nitrogens is 1. The van der Waals surface area contributed by atoms with Gasteiger partial charge in [-0.3, -0.25) is 4.79 Å². The molecule has 2 atom stereocenters. The average molecular weight is 344 g/mol. The van der Waals surface area contributed by atoms with E-state index in [9.17, 15) is 18.0 Å². The third kappa shape index (κ3) is 3.62. The molecule has 0 saturated carbocycles. The van der Waals surface area contributed by atoms with E-state index >= 15 is 0 Å². The number of anilines is 2. The van der Waals surface area contributed by atoms with Crippen LogP contribution in [0.25, 0.3) is 0 Å². The predicted molar refractivity (Wildman–Crippen MR) is 81.8 cm³/mol. The van der Waals surface area contributed by atoms with Crippen molar-refractivity contribution in [2.45, 2.75) is 6.18 Å². The molecular formula is C15H19F3N4O2. The molecule has 2 aliphatic heterocycles. The summed E-state index contributed by atoms with van der Waals surface area (Å²) in [6.45, 7) is 2.12. The molecule has 3 rings (SSSR count). The van der Waals surface area contributed by atoms with Crippen LogP contribution in [0.3, 0.4) is 0 Å². The molecule has 3 heterocycles. The Morgan fingerprint density at radius 3 is 2.79 bits per heavy atom. The first kappa shape index (κ1) is 17.0. The molecule has 0 aromatic carbocycles. The van der Waals surface area contributed by atoms with Gasteiger partial charge in [-0.05, 0) is 12.1 Å². The van der Waals surface area contributed by atoms with Crippen molar-refractivity contribution in [3.63, 3.8) is 0 Å². The van der Waals surface area contributed by atoms with Gasteiger partial charge in [0.1, 0.15) is 0 Å². The van der Waals surface area contributed by atoms with E-state index in [1.807, 2.05) is 4.90 Å². The zero-order chi connectivity index (χ0) is 17.2.